The molecule has 46 heavy (non-hydrogen) atoms. The Morgan fingerprint density at radius 3 is 2.11 bits per heavy atom. The predicted octanol–water partition coefficient (Wildman–Crippen LogP) is 6.80. The molecule has 5 atom stereocenters. The Kier molecular flexibility index (Phi) is 9.80. The van der Waals surface area contributed by atoms with Crippen molar-refractivity contribution in [1.82, 2.24) is 0 Å². The fraction of sp³-hybridized carbons (Fsp3) is 0.211. The van der Waals surface area contributed by atoms with Gasteiger partial charge in [-0.1, -0.05) is 91.0 Å². The number of ether oxygens (including phenoxy) is 4. The van der Waals surface area contributed by atoms with E-state index in [1.807, 2.05) is 85.8 Å². The summed E-state index contributed by atoms with van der Waals surface area (Å²) in [6, 6.07) is 37.6. The van der Waals surface area contributed by atoms with Gasteiger partial charge in [0.2, 0.25) is 0 Å². The van der Waals surface area contributed by atoms with Gasteiger partial charge in [-0.15, -0.1) is 12.6 Å². The van der Waals surface area contributed by atoms with Crippen molar-refractivity contribution in [3.8, 4) is 11.1 Å². The highest BCUT2D eigenvalue weighted by atomic mass is 32.1. The number of aliphatic hydroxyl groups is 1. The molecule has 1 aliphatic heterocycles. The van der Waals surface area contributed by atoms with E-state index in [9.17, 15) is 14.7 Å². The van der Waals surface area contributed by atoms with Gasteiger partial charge >= 0.3 is 11.9 Å². The largest absolute Gasteiger partial charge is 0.453 e. The minimum Gasteiger partial charge on any atom is -0.453 e. The van der Waals surface area contributed by atoms with Crippen LogP contribution in [0.25, 0.3) is 21.9 Å². The van der Waals surface area contributed by atoms with Crippen LogP contribution in [0.15, 0.2) is 121 Å². The average molecular weight is 635 g/mol. The molecule has 0 spiro atoms. The number of fused-ring (bicyclic) bond motifs is 1. The molecule has 234 valence electrons. The Hall–Kier alpha value is -4.47. The van der Waals surface area contributed by atoms with Gasteiger partial charge in [-0.25, -0.2) is 9.59 Å². The summed E-state index contributed by atoms with van der Waals surface area (Å²) in [7, 11) is 0. The van der Waals surface area contributed by atoms with Gasteiger partial charge in [0.15, 0.2) is 12.2 Å². The third kappa shape index (κ3) is 7.16. The molecule has 5 aromatic rings. The van der Waals surface area contributed by atoms with Gasteiger partial charge in [0.25, 0.3) is 0 Å². The Morgan fingerprint density at radius 1 is 0.739 bits per heavy atom. The molecule has 1 aliphatic rings. The first-order valence-electron chi connectivity index (χ1n) is 15.1. The molecule has 7 nitrogen and oxygen atoms in total. The van der Waals surface area contributed by atoms with E-state index in [-0.39, 0.29) is 13.2 Å². The van der Waals surface area contributed by atoms with Gasteiger partial charge in [-0.3, -0.25) is 0 Å². The quantitative estimate of drug-likeness (QED) is 0.136. The summed E-state index contributed by atoms with van der Waals surface area (Å²) in [5.41, 5.74) is 3.69. The fourth-order valence-corrected chi connectivity index (χ4v) is 5.97. The van der Waals surface area contributed by atoms with E-state index in [4.69, 9.17) is 18.9 Å². The van der Waals surface area contributed by atoms with E-state index in [0.717, 1.165) is 33.0 Å². The lowest BCUT2D eigenvalue weighted by Crippen LogP contribution is -2.59. The molecule has 0 radical (unpaired) electrons. The van der Waals surface area contributed by atoms with Crippen molar-refractivity contribution in [3.63, 3.8) is 0 Å². The second-order valence-electron chi connectivity index (χ2n) is 11.3. The second kappa shape index (κ2) is 14.3. The van der Waals surface area contributed by atoms with Crippen molar-refractivity contribution >= 4 is 35.3 Å². The minimum atomic E-state index is -1.44. The van der Waals surface area contributed by atoms with Crippen LogP contribution in [0.1, 0.15) is 31.8 Å². The first-order valence-corrected chi connectivity index (χ1v) is 15.6. The highest BCUT2D eigenvalue weighted by Crippen LogP contribution is 2.30. The molecule has 0 aromatic heterocycles. The molecule has 0 amide bonds. The van der Waals surface area contributed by atoms with Gasteiger partial charge < -0.3 is 24.1 Å². The fourth-order valence-electron chi connectivity index (χ4n) is 5.58. The molecular weight excluding hydrogens is 600 g/mol. The van der Waals surface area contributed by atoms with Crippen LogP contribution in [0, 0.1) is 6.92 Å². The van der Waals surface area contributed by atoms with Crippen molar-refractivity contribution in [2.75, 3.05) is 6.61 Å². The lowest BCUT2D eigenvalue weighted by atomic mass is 9.98. The molecular formula is C38H34O7S. The first kappa shape index (κ1) is 31.5. The second-order valence-corrected chi connectivity index (χ2v) is 11.8. The van der Waals surface area contributed by atoms with Crippen LogP contribution < -0.4 is 0 Å². The normalized spacial score (nSPS) is 21.1. The monoisotopic (exact) mass is 634 g/mol. The zero-order valence-corrected chi connectivity index (χ0v) is 26.1. The van der Waals surface area contributed by atoms with Gasteiger partial charge in [-0.2, -0.15) is 0 Å². The SMILES string of the molecule is Cc1ccccc1-c1ccc(C(=O)O[C@@H]2[C@H](O)[C@@H](OC(=O)c3ccccc3)[C@H](S)O[C@@H]2COCc2ccc3ccccc3c2)cc1. The van der Waals surface area contributed by atoms with E-state index < -0.39 is 41.8 Å². The van der Waals surface area contributed by atoms with Crippen LogP contribution >= 0.6 is 12.6 Å². The summed E-state index contributed by atoms with van der Waals surface area (Å²) >= 11 is 4.49. The van der Waals surface area contributed by atoms with E-state index in [1.165, 1.54) is 0 Å². The Labute approximate surface area is 273 Å². The molecule has 1 saturated heterocycles. The molecule has 0 aliphatic carbocycles. The van der Waals surface area contributed by atoms with E-state index in [0.29, 0.717) is 11.1 Å². The predicted molar refractivity (Wildman–Crippen MR) is 179 cm³/mol. The lowest BCUT2D eigenvalue weighted by Gasteiger charge is -2.42. The van der Waals surface area contributed by atoms with Crippen molar-refractivity contribution in [2.24, 2.45) is 0 Å². The first-order chi connectivity index (χ1) is 22.4. The van der Waals surface area contributed by atoms with Crippen LogP contribution in [-0.4, -0.2) is 53.5 Å². The third-order valence-corrected chi connectivity index (χ3v) is 8.49. The third-order valence-electron chi connectivity index (χ3n) is 8.07. The van der Waals surface area contributed by atoms with E-state index in [2.05, 4.69) is 12.6 Å². The summed E-state index contributed by atoms with van der Waals surface area (Å²) in [4.78, 5) is 26.3. The average Bonchev–Trinajstić information content (AvgIpc) is 3.08. The lowest BCUT2D eigenvalue weighted by molar-refractivity contribution is -0.210. The van der Waals surface area contributed by atoms with Crippen LogP contribution in [0.2, 0.25) is 0 Å². The zero-order valence-electron chi connectivity index (χ0n) is 25.2. The van der Waals surface area contributed by atoms with Crippen LogP contribution in [0.5, 0.6) is 0 Å². The number of aliphatic hydroxyl groups excluding tert-OH is 1. The number of carbonyl (C=O) groups excluding carboxylic acids is 2. The molecule has 6 rings (SSSR count). The minimum absolute atomic E-state index is 0.00946. The number of carbonyl (C=O) groups is 2. The van der Waals surface area contributed by atoms with Crippen molar-refractivity contribution in [1.29, 1.82) is 0 Å². The number of aryl methyl sites for hydroxylation is 1. The molecule has 0 unspecified atom stereocenters. The van der Waals surface area contributed by atoms with Crippen LogP contribution in [-0.2, 0) is 25.6 Å². The van der Waals surface area contributed by atoms with Gasteiger partial charge in [0.1, 0.15) is 17.6 Å². The Morgan fingerprint density at radius 2 is 1.37 bits per heavy atom. The van der Waals surface area contributed by atoms with Crippen molar-refractivity contribution in [3.05, 3.63) is 144 Å². The molecule has 8 heteroatoms. The van der Waals surface area contributed by atoms with Gasteiger partial charge in [-0.05, 0) is 70.3 Å². The van der Waals surface area contributed by atoms with Crippen molar-refractivity contribution < 1.29 is 33.6 Å². The summed E-state index contributed by atoms with van der Waals surface area (Å²) in [5.74, 6) is -1.32. The van der Waals surface area contributed by atoms with E-state index in [1.54, 1.807) is 42.5 Å². The molecule has 1 heterocycles. The maximum Gasteiger partial charge on any atom is 0.338 e. The maximum absolute atomic E-state index is 13.4. The molecule has 0 saturated carbocycles. The number of benzene rings is 5. The summed E-state index contributed by atoms with van der Waals surface area (Å²) < 4.78 is 23.6. The number of esters is 2. The highest BCUT2D eigenvalue weighted by molar-refractivity contribution is 7.80. The zero-order chi connectivity index (χ0) is 32.0. The van der Waals surface area contributed by atoms with Crippen LogP contribution in [0.4, 0.5) is 0 Å². The Balaban J connectivity index is 1.19. The number of hydrogen-bond donors (Lipinski definition) is 2. The number of hydrogen-bond acceptors (Lipinski definition) is 8. The summed E-state index contributed by atoms with van der Waals surface area (Å²) in [5, 5.41) is 13.7. The van der Waals surface area contributed by atoms with Gasteiger partial charge in [0, 0.05) is 0 Å². The molecule has 5 aromatic carbocycles. The van der Waals surface area contributed by atoms with Crippen molar-refractivity contribution in [2.45, 2.75) is 43.4 Å². The standard InChI is InChI=1S/C38H34O7S/c1-24-9-5-8-14-31(24)27-17-19-29(20-18-27)37(41)44-34-32(23-42-22-25-15-16-26-10-6-7-13-30(26)21-25)43-38(46)35(33(34)39)45-36(40)28-11-3-2-4-12-28/h2-21,32-35,38-39,46H,22-23H2,1H3/t32-,33+,34+,35-,38+/m1/s1. The molecule has 1 N–H and O–H groups in total. The van der Waals surface area contributed by atoms with Crippen LogP contribution in [0.3, 0.4) is 0 Å². The maximum atomic E-state index is 13.4. The summed E-state index contributed by atoms with van der Waals surface area (Å²) in [6.45, 7) is 2.29. The number of rotatable bonds is 9. The molecule has 1 fully saturated rings. The Bertz CT molecular complexity index is 1810. The molecule has 0 bridgehead atoms. The van der Waals surface area contributed by atoms with E-state index >= 15 is 0 Å². The number of thiol groups is 1. The van der Waals surface area contributed by atoms with Gasteiger partial charge in [0.05, 0.1) is 24.3 Å². The topological polar surface area (TPSA) is 91.3 Å². The highest BCUT2D eigenvalue weighted by Gasteiger charge is 2.48. The summed E-state index contributed by atoms with van der Waals surface area (Å²) in [6.07, 6.45) is -4.75. The smallest absolute Gasteiger partial charge is 0.338 e.